The Hall–Kier alpha value is -3.62. The van der Waals surface area contributed by atoms with E-state index in [2.05, 4.69) is 10.1 Å². The lowest BCUT2D eigenvalue weighted by Crippen LogP contribution is -2.32. The van der Waals surface area contributed by atoms with Crippen LogP contribution in [0, 0.1) is 5.92 Å². The molecule has 1 saturated heterocycles. The fourth-order valence-electron chi connectivity index (χ4n) is 3.53. The summed E-state index contributed by atoms with van der Waals surface area (Å²) >= 11 is 0. The highest BCUT2D eigenvalue weighted by molar-refractivity contribution is 6.02. The smallest absolute Gasteiger partial charge is 0.242 e. The highest BCUT2D eigenvalue weighted by Gasteiger charge is 2.33. The number of nitrogens with two attached hydrogens (primary N) is 1. The van der Waals surface area contributed by atoms with Gasteiger partial charge in [0.25, 0.3) is 0 Å². The number of aromatic nitrogens is 4. The third kappa shape index (κ3) is 3.71. The van der Waals surface area contributed by atoms with Crippen LogP contribution in [0.2, 0.25) is 0 Å². The summed E-state index contributed by atoms with van der Waals surface area (Å²) in [5.41, 5.74) is 7.34. The topological polar surface area (TPSA) is 108 Å². The first kappa shape index (κ1) is 18.7. The number of imidazole rings is 1. The van der Waals surface area contributed by atoms with Crippen LogP contribution in [0.25, 0.3) is 5.69 Å². The molecule has 1 amide bonds. The zero-order valence-electron chi connectivity index (χ0n) is 16.1. The van der Waals surface area contributed by atoms with E-state index >= 15 is 0 Å². The Balaban J connectivity index is 1.44. The van der Waals surface area contributed by atoms with Crippen LogP contribution in [0.3, 0.4) is 0 Å². The second-order valence-corrected chi connectivity index (χ2v) is 6.98. The number of nitrogens with zero attached hydrogens (tertiary/aromatic N) is 5. The maximum absolute atomic E-state index is 13.0. The van der Waals surface area contributed by atoms with Gasteiger partial charge < -0.3 is 19.9 Å². The lowest BCUT2D eigenvalue weighted by atomic mass is 9.98. The van der Waals surface area contributed by atoms with Gasteiger partial charge >= 0.3 is 0 Å². The van der Waals surface area contributed by atoms with Gasteiger partial charge in [0.05, 0.1) is 30.9 Å². The van der Waals surface area contributed by atoms with Crippen LogP contribution >= 0.6 is 0 Å². The molecule has 0 unspecified atom stereocenters. The van der Waals surface area contributed by atoms with Crippen molar-refractivity contribution < 1.29 is 14.3 Å². The molecule has 3 heterocycles. The predicted octanol–water partition coefficient (Wildman–Crippen LogP) is 1.39. The van der Waals surface area contributed by atoms with Crippen LogP contribution in [0.15, 0.2) is 49.2 Å². The third-order valence-corrected chi connectivity index (χ3v) is 5.18. The van der Waals surface area contributed by atoms with E-state index in [-0.39, 0.29) is 24.2 Å². The summed E-state index contributed by atoms with van der Waals surface area (Å²) in [5.74, 6) is 0.628. The number of ether oxygens (including phenoxy) is 1. The van der Waals surface area contributed by atoms with E-state index in [1.54, 1.807) is 47.4 Å². The van der Waals surface area contributed by atoms with E-state index in [0.717, 1.165) is 11.4 Å². The van der Waals surface area contributed by atoms with Crippen molar-refractivity contribution in [2.75, 3.05) is 25.9 Å². The van der Waals surface area contributed by atoms with Gasteiger partial charge in [0.15, 0.2) is 5.78 Å². The number of anilines is 1. The molecule has 1 fully saturated rings. The fraction of sp³-hybridized carbons (Fsp3) is 0.300. The maximum atomic E-state index is 13.0. The molecule has 1 atom stereocenters. The summed E-state index contributed by atoms with van der Waals surface area (Å²) in [7, 11) is 1.60. The molecule has 3 aromatic rings. The fourth-order valence-corrected chi connectivity index (χ4v) is 3.53. The maximum Gasteiger partial charge on any atom is 0.242 e. The molecule has 0 aliphatic carbocycles. The van der Waals surface area contributed by atoms with E-state index < -0.39 is 0 Å². The number of ketones is 1. The predicted molar refractivity (Wildman–Crippen MR) is 106 cm³/mol. The van der Waals surface area contributed by atoms with E-state index in [9.17, 15) is 9.59 Å². The van der Waals surface area contributed by atoms with Gasteiger partial charge in [0.2, 0.25) is 5.91 Å². The Bertz CT molecular complexity index is 1010. The van der Waals surface area contributed by atoms with Crippen molar-refractivity contribution in [1.82, 2.24) is 24.2 Å². The normalized spacial score (nSPS) is 16.2. The standard InChI is InChI=1S/C20H22N6O3/c1-29-16-4-2-15(3-5-16)26-20(21)17(10-23-26)19(28)14-6-8-25(11-14)18(27)12-24-9-7-22-13-24/h2-5,7,9-10,13-14H,6,8,11-12,21H2,1H3/t14-/m0/s1. The van der Waals surface area contributed by atoms with Crippen LogP contribution in [0.5, 0.6) is 5.75 Å². The number of carbonyl (C=O) groups excluding carboxylic acids is 2. The average Bonchev–Trinajstić information content (AvgIpc) is 3.49. The Morgan fingerprint density at radius 2 is 2.07 bits per heavy atom. The van der Waals surface area contributed by atoms with Gasteiger partial charge in [-0.15, -0.1) is 0 Å². The van der Waals surface area contributed by atoms with Crippen LogP contribution < -0.4 is 10.5 Å². The van der Waals surface area contributed by atoms with Crippen molar-refractivity contribution in [3.63, 3.8) is 0 Å². The lowest BCUT2D eigenvalue weighted by Gasteiger charge is -2.16. The number of hydrogen-bond donors (Lipinski definition) is 1. The highest BCUT2D eigenvalue weighted by Crippen LogP contribution is 2.26. The second-order valence-electron chi connectivity index (χ2n) is 6.98. The first-order chi connectivity index (χ1) is 14.1. The van der Waals surface area contributed by atoms with E-state index in [0.29, 0.717) is 30.9 Å². The summed E-state index contributed by atoms with van der Waals surface area (Å²) < 4.78 is 8.40. The summed E-state index contributed by atoms with van der Waals surface area (Å²) in [4.78, 5) is 31.1. The number of hydrogen-bond acceptors (Lipinski definition) is 6. The summed E-state index contributed by atoms with van der Waals surface area (Å²) in [6, 6.07) is 7.25. The molecule has 9 nitrogen and oxygen atoms in total. The lowest BCUT2D eigenvalue weighted by molar-refractivity contribution is -0.130. The van der Waals surface area contributed by atoms with Crippen LogP contribution in [-0.4, -0.2) is 56.1 Å². The van der Waals surface area contributed by atoms with Gasteiger partial charge in [-0.2, -0.15) is 5.10 Å². The highest BCUT2D eigenvalue weighted by atomic mass is 16.5. The molecule has 4 rings (SSSR count). The average molecular weight is 394 g/mol. The molecule has 1 aliphatic rings. The van der Waals surface area contributed by atoms with Crippen molar-refractivity contribution in [2.24, 2.45) is 5.92 Å². The Morgan fingerprint density at radius 1 is 1.28 bits per heavy atom. The van der Waals surface area contributed by atoms with Crippen molar-refractivity contribution in [3.05, 3.63) is 54.7 Å². The molecule has 1 aromatic carbocycles. The van der Waals surface area contributed by atoms with Gasteiger partial charge in [-0.25, -0.2) is 9.67 Å². The minimum Gasteiger partial charge on any atom is -0.497 e. The Labute approximate surface area is 167 Å². The second kappa shape index (κ2) is 7.78. The van der Waals surface area contributed by atoms with Crippen molar-refractivity contribution in [1.29, 1.82) is 0 Å². The Kier molecular flexibility index (Phi) is 5.03. The van der Waals surface area contributed by atoms with Crippen molar-refractivity contribution in [2.45, 2.75) is 13.0 Å². The van der Waals surface area contributed by atoms with Crippen LogP contribution in [-0.2, 0) is 11.3 Å². The van der Waals surface area contributed by atoms with E-state index in [1.807, 2.05) is 12.1 Å². The van der Waals surface area contributed by atoms with E-state index in [4.69, 9.17) is 10.5 Å². The summed E-state index contributed by atoms with van der Waals surface area (Å²) in [6.45, 7) is 1.16. The summed E-state index contributed by atoms with van der Waals surface area (Å²) in [5, 5.41) is 4.28. The van der Waals surface area contributed by atoms with Gasteiger partial charge in [-0.05, 0) is 30.7 Å². The molecule has 0 radical (unpaired) electrons. The van der Waals surface area contributed by atoms with Crippen LogP contribution in [0.4, 0.5) is 5.82 Å². The SMILES string of the molecule is COc1ccc(-n2ncc(C(=O)[C@H]3CCN(C(=O)Cn4ccnc4)C3)c2N)cc1. The van der Waals surface area contributed by atoms with Crippen molar-refractivity contribution in [3.8, 4) is 11.4 Å². The molecule has 150 valence electrons. The molecule has 29 heavy (non-hydrogen) atoms. The zero-order chi connectivity index (χ0) is 20.4. The largest absolute Gasteiger partial charge is 0.497 e. The third-order valence-electron chi connectivity index (χ3n) is 5.18. The molecule has 0 saturated carbocycles. The van der Waals surface area contributed by atoms with Gasteiger partial charge in [0, 0.05) is 31.4 Å². The molecular formula is C20H22N6O3. The molecule has 9 heteroatoms. The number of rotatable bonds is 6. The number of benzene rings is 1. The zero-order valence-corrected chi connectivity index (χ0v) is 16.1. The number of nitrogen functional groups attached to an aromatic ring is 1. The molecule has 2 N–H and O–H groups in total. The molecule has 2 aromatic heterocycles. The first-order valence-corrected chi connectivity index (χ1v) is 9.32. The molecule has 0 bridgehead atoms. The quantitative estimate of drug-likeness (QED) is 0.633. The monoisotopic (exact) mass is 394 g/mol. The van der Waals surface area contributed by atoms with Gasteiger partial charge in [-0.1, -0.05) is 0 Å². The number of carbonyl (C=O) groups is 2. The molecular weight excluding hydrogens is 372 g/mol. The number of likely N-dealkylation sites (tertiary alicyclic amines) is 1. The van der Waals surface area contributed by atoms with E-state index in [1.165, 1.54) is 10.9 Å². The summed E-state index contributed by atoms with van der Waals surface area (Å²) in [6.07, 6.45) is 7.09. The van der Waals surface area contributed by atoms with Gasteiger partial charge in [-0.3, -0.25) is 9.59 Å². The minimum atomic E-state index is -0.280. The number of amides is 1. The molecule has 0 spiro atoms. The first-order valence-electron chi connectivity index (χ1n) is 9.32. The Morgan fingerprint density at radius 3 is 2.76 bits per heavy atom. The number of Topliss-reactive ketones (excluding diaryl/α,β-unsaturated/α-hetero) is 1. The molecule has 1 aliphatic heterocycles. The minimum absolute atomic E-state index is 0.0276. The van der Waals surface area contributed by atoms with Crippen molar-refractivity contribution >= 4 is 17.5 Å². The van der Waals surface area contributed by atoms with Crippen LogP contribution in [0.1, 0.15) is 16.8 Å². The number of methoxy groups -OCH3 is 1. The van der Waals surface area contributed by atoms with Gasteiger partial charge in [0.1, 0.15) is 18.1 Å².